The molecule has 0 amide bonds. The molecule has 0 rings (SSSR count). The second kappa shape index (κ2) is 7.17. The van der Waals surface area contributed by atoms with Gasteiger partial charge < -0.3 is 23.6 Å². The van der Waals surface area contributed by atoms with E-state index >= 15 is 0 Å². The van der Waals surface area contributed by atoms with Crippen molar-refractivity contribution in [3.63, 3.8) is 0 Å². The van der Waals surface area contributed by atoms with Gasteiger partial charge in [-0.05, 0) is 6.92 Å². The Bertz CT molecular complexity index is 247. The summed E-state index contributed by atoms with van der Waals surface area (Å²) >= 11 is 0. The van der Waals surface area contributed by atoms with E-state index in [1.807, 2.05) is 0 Å². The number of carbonyl (C=O) groups is 1. The van der Waals surface area contributed by atoms with Crippen LogP contribution in [0.15, 0.2) is 12.2 Å². The minimum atomic E-state index is -4.96. The van der Waals surface area contributed by atoms with Crippen LogP contribution in [-0.2, 0) is 35.7 Å². The van der Waals surface area contributed by atoms with Gasteiger partial charge in [-0.25, -0.2) is 4.79 Å². The Labute approximate surface area is 92.0 Å². The number of ether oxygens (including phenoxy) is 1. The summed E-state index contributed by atoms with van der Waals surface area (Å²) < 4.78 is 18.1. The van der Waals surface area contributed by atoms with E-state index in [1.54, 1.807) is 0 Å². The smallest absolute Gasteiger partial charge is 0.790 e. The summed E-state index contributed by atoms with van der Waals surface area (Å²) in [6.07, 6.45) is 0. The zero-order chi connectivity index (χ0) is 10.5. The molecule has 0 saturated carbocycles. The topological polar surface area (TPSA) is 98.7 Å². The summed E-state index contributed by atoms with van der Waals surface area (Å²) in [6, 6.07) is 0. The van der Waals surface area contributed by atoms with E-state index in [4.69, 9.17) is 0 Å². The maximum Gasteiger partial charge on any atom is 2.00 e. The molecule has 0 aliphatic heterocycles. The number of phosphoric ester groups is 1. The first kappa shape index (κ1) is 16.3. The number of carbonyl (C=O) groups excluding carboxylic acids is 1. The van der Waals surface area contributed by atoms with Gasteiger partial charge in [0.05, 0.1) is 14.4 Å². The molecule has 0 heterocycles. The van der Waals surface area contributed by atoms with Gasteiger partial charge in [0.25, 0.3) is 0 Å². The van der Waals surface area contributed by atoms with Crippen LogP contribution < -0.4 is 9.79 Å². The summed E-state index contributed by atoms with van der Waals surface area (Å²) in [5, 5.41) is 0. The zero-order valence-corrected chi connectivity index (χ0v) is 9.16. The number of hydrogen-bond acceptors (Lipinski definition) is 6. The fourth-order valence-corrected chi connectivity index (χ4v) is 0.705. The van der Waals surface area contributed by atoms with Gasteiger partial charge in [-0.1, -0.05) is 6.58 Å². The van der Waals surface area contributed by atoms with Crippen LogP contribution >= 0.6 is 7.82 Å². The Balaban J connectivity index is 0. The fraction of sp³-hybridized carbons (Fsp3) is 0.500. The van der Waals surface area contributed by atoms with Gasteiger partial charge in [-0.2, -0.15) is 0 Å². The van der Waals surface area contributed by atoms with Crippen LogP contribution in [0.3, 0.4) is 0 Å². The first-order valence-corrected chi connectivity index (χ1v) is 4.78. The van der Waals surface area contributed by atoms with E-state index in [0.717, 1.165) is 0 Å². The van der Waals surface area contributed by atoms with Gasteiger partial charge in [-0.15, -0.1) is 0 Å². The summed E-state index contributed by atoms with van der Waals surface area (Å²) in [5.74, 6) is -0.657. The van der Waals surface area contributed by atoms with Crippen LogP contribution in [-0.4, -0.2) is 19.2 Å². The van der Waals surface area contributed by atoms with Crippen molar-refractivity contribution in [3.05, 3.63) is 12.2 Å². The minimum Gasteiger partial charge on any atom is -0.790 e. The molecule has 1 radical (unpaired) electrons. The Morgan fingerprint density at radius 2 is 1.93 bits per heavy atom. The van der Waals surface area contributed by atoms with Crippen molar-refractivity contribution in [2.75, 3.05) is 13.2 Å². The molecule has 6 nitrogen and oxygen atoms in total. The van der Waals surface area contributed by atoms with Crippen LogP contribution in [0.1, 0.15) is 6.92 Å². The quantitative estimate of drug-likeness (QED) is 0.208. The van der Waals surface area contributed by atoms with E-state index in [0.29, 0.717) is 0 Å². The molecule has 0 aliphatic carbocycles. The standard InChI is InChI=1S/C6H11O6P.Cu/c1-5(2)6(7)11-3-4-12-13(8,9)10;/h1,3-4H2,2H3,(H2,8,9,10);/q;+2/p-2. The van der Waals surface area contributed by atoms with E-state index in [1.165, 1.54) is 6.92 Å². The van der Waals surface area contributed by atoms with Crippen LogP contribution in [0.25, 0.3) is 0 Å². The van der Waals surface area contributed by atoms with Gasteiger partial charge >= 0.3 is 23.0 Å². The first-order chi connectivity index (χ1) is 5.83. The van der Waals surface area contributed by atoms with Crippen molar-refractivity contribution in [2.45, 2.75) is 6.92 Å². The molecule has 85 valence electrons. The molecule has 0 spiro atoms. The third-order valence-corrected chi connectivity index (χ3v) is 1.41. The van der Waals surface area contributed by atoms with E-state index in [9.17, 15) is 19.1 Å². The van der Waals surface area contributed by atoms with Gasteiger partial charge in [-0.3, -0.25) is 0 Å². The monoisotopic (exact) mass is 271 g/mol. The van der Waals surface area contributed by atoms with Crippen molar-refractivity contribution in [3.8, 4) is 0 Å². The molecule has 0 aromatic carbocycles. The van der Waals surface area contributed by atoms with Crippen molar-refractivity contribution < 1.29 is 45.5 Å². The Hall–Kier alpha value is -0.161. The van der Waals surface area contributed by atoms with Crippen LogP contribution in [0, 0.1) is 0 Å². The minimum absolute atomic E-state index is 0. The molecule has 0 fully saturated rings. The van der Waals surface area contributed by atoms with Crippen LogP contribution in [0.2, 0.25) is 0 Å². The predicted octanol–water partition coefficient (Wildman–Crippen LogP) is -1.05. The molecular formula is C6H9CuO6P. The number of hydrogen-bond donors (Lipinski definition) is 0. The summed E-state index contributed by atoms with van der Waals surface area (Å²) in [7, 11) is -4.96. The van der Waals surface area contributed by atoms with Crippen molar-refractivity contribution >= 4 is 13.8 Å². The average molecular weight is 272 g/mol. The summed E-state index contributed by atoms with van der Waals surface area (Å²) in [4.78, 5) is 30.5. The third kappa shape index (κ3) is 9.92. The number of phosphoric acid groups is 1. The second-order valence-corrected chi connectivity index (χ2v) is 3.35. The average Bonchev–Trinajstić information content (AvgIpc) is 1.95. The van der Waals surface area contributed by atoms with Gasteiger partial charge in [0.1, 0.15) is 6.61 Å². The maximum atomic E-state index is 10.7. The molecule has 8 heteroatoms. The van der Waals surface area contributed by atoms with Crippen molar-refractivity contribution in [2.24, 2.45) is 0 Å². The molecule has 0 N–H and O–H groups in total. The summed E-state index contributed by atoms with van der Waals surface area (Å²) in [5.41, 5.74) is 0.187. The molecular weight excluding hydrogens is 263 g/mol. The SMILES string of the molecule is C=C(C)C(=O)OCCOP(=O)([O-])[O-].[Cu+2]. The van der Waals surface area contributed by atoms with Gasteiger partial charge in [0.15, 0.2) is 0 Å². The Kier molecular flexibility index (Phi) is 8.34. The molecule has 0 aliphatic rings. The molecule has 0 aromatic rings. The number of esters is 1. The van der Waals surface area contributed by atoms with Crippen molar-refractivity contribution in [1.29, 1.82) is 0 Å². The largest absolute Gasteiger partial charge is 2.00 e. The zero-order valence-electron chi connectivity index (χ0n) is 7.32. The third-order valence-electron chi connectivity index (χ3n) is 0.914. The van der Waals surface area contributed by atoms with Gasteiger partial charge in [0.2, 0.25) is 0 Å². The van der Waals surface area contributed by atoms with E-state index < -0.39 is 20.4 Å². The van der Waals surface area contributed by atoms with Gasteiger partial charge in [0, 0.05) is 5.57 Å². The van der Waals surface area contributed by atoms with Crippen LogP contribution in [0.5, 0.6) is 0 Å². The van der Waals surface area contributed by atoms with Crippen molar-refractivity contribution in [1.82, 2.24) is 0 Å². The molecule has 0 saturated heterocycles. The Morgan fingerprint density at radius 1 is 1.43 bits per heavy atom. The predicted molar refractivity (Wildman–Crippen MR) is 39.3 cm³/mol. The molecule has 0 aromatic heterocycles. The molecule has 0 atom stereocenters. The van der Waals surface area contributed by atoms with E-state index in [2.05, 4.69) is 15.8 Å². The summed E-state index contributed by atoms with van der Waals surface area (Å²) in [6.45, 7) is 3.97. The number of rotatable bonds is 5. The Morgan fingerprint density at radius 3 is 2.29 bits per heavy atom. The molecule has 0 unspecified atom stereocenters. The van der Waals surface area contributed by atoms with E-state index in [-0.39, 0.29) is 29.2 Å². The normalized spacial score (nSPS) is 10.2. The molecule has 0 bridgehead atoms. The molecule has 14 heavy (non-hydrogen) atoms. The second-order valence-electron chi connectivity index (χ2n) is 2.20. The van der Waals surface area contributed by atoms with Crippen LogP contribution in [0.4, 0.5) is 0 Å². The maximum absolute atomic E-state index is 10.7. The first-order valence-electron chi connectivity index (χ1n) is 3.32. The fourth-order valence-electron chi connectivity index (χ4n) is 0.407.